The molecule has 5 heteroatoms. The lowest BCUT2D eigenvalue weighted by molar-refractivity contribution is -0.108. The standard InChI is InChI=1S/C10H17N3O2/c1-4-6-11-10-12-7-5-8(13-10)9(14-2)15-3/h5,7,9H,4,6H2,1-3H3,(H,11,12,13). The van der Waals surface area contributed by atoms with Crippen LogP contribution in [-0.2, 0) is 9.47 Å². The van der Waals surface area contributed by atoms with E-state index in [1.807, 2.05) is 0 Å². The number of hydrogen-bond acceptors (Lipinski definition) is 5. The minimum atomic E-state index is -0.435. The van der Waals surface area contributed by atoms with Gasteiger partial charge in [-0.15, -0.1) is 0 Å². The molecule has 15 heavy (non-hydrogen) atoms. The Balaban J connectivity index is 2.72. The van der Waals surface area contributed by atoms with Crippen LogP contribution >= 0.6 is 0 Å². The summed E-state index contributed by atoms with van der Waals surface area (Å²) in [7, 11) is 3.16. The summed E-state index contributed by atoms with van der Waals surface area (Å²) in [5.41, 5.74) is 0.716. The molecule has 0 aliphatic carbocycles. The fourth-order valence-corrected chi connectivity index (χ4v) is 1.16. The summed E-state index contributed by atoms with van der Waals surface area (Å²) in [6.45, 7) is 2.94. The molecule has 0 fully saturated rings. The highest BCUT2D eigenvalue weighted by Crippen LogP contribution is 2.14. The van der Waals surface area contributed by atoms with Crippen LogP contribution < -0.4 is 5.32 Å². The maximum absolute atomic E-state index is 5.10. The highest BCUT2D eigenvalue weighted by atomic mass is 16.7. The fraction of sp³-hybridized carbons (Fsp3) is 0.600. The van der Waals surface area contributed by atoms with E-state index < -0.39 is 6.29 Å². The zero-order chi connectivity index (χ0) is 11.1. The molecular formula is C10H17N3O2. The Kier molecular flexibility index (Phi) is 5.00. The number of aromatic nitrogens is 2. The van der Waals surface area contributed by atoms with Crippen LogP contribution in [0.5, 0.6) is 0 Å². The van der Waals surface area contributed by atoms with Gasteiger partial charge in [-0.25, -0.2) is 9.97 Å². The third kappa shape index (κ3) is 3.45. The van der Waals surface area contributed by atoms with Gasteiger partial charge in [0.1, 0.15) is 5.69 Å². The molecular weight excluding hydrogens is 194 g/mol. The summed E-state index contributed by atoms with van der Waals surface area (Å²) in [4.78, 5) is 8.37. The van der Waals surface area contributed by atoms with Gasteiger partial charge in [0.2, 0.25) is 12.2 Å². The van der Waals surface area contributed by atoms with Crippen LogP contribution in [0, 0.1) is 0 Å². The zero-order valence-corrected chi connectivity index (χ0v) is 9.36. The number of anilines is 1. The van der Waals surface area contributed by atoms with E-state index >= 15 is 0 Å². The quantitative estimate of drug-likeness (QED) is 0.724. The van der Waals surface area contributed by atoms with Crippen molar-refractivity contribution in [3.63, 3.8) is 0 Å². The third-order valence-electron chi connectivity index (χ3n) is 1.88. The summed E-state index contributed by atoms with van der Waals surface area (Å²) < 4.78 is 10.2. The van der Waals surface area contributed by atoms with Gasteiger partial charge in [0.25, 0.3) is 0 Å². The van der Waals surface area contributed by atoms with Crippen LogP contribution in [0.1, 0.15) is 25.3 Å². The molecule has 1 N–H and O–H groups in total. The van der Waals surface area contributed by atoms with Crippen molar-refractivity contribution in [3.05, 3.63) is 18.0 Å². The minimum absolute atomic E-state index is 0.435. The Morgan fingerprint density at radius 1 is 1.40 bits per heavy atom. The molecule has 1 aromatic heterocycles. The van der Waals surface area contributed by atoms with Crippen molar-refractivity contribution in [1.82, 2.24) is 9.97 Å². The molecule has 1 heterocycles. The van der Waals surface area contributed by atoms with Gasteiger partial charge in [-0.2, -0.15) is 0 Å². The molecule has 0 spiro atoms. The summed E-state index contributed by atoms with van der Waals surface area (Å²) in [6.07, 6.45) is 2.28. The van der Waals surface area contributed by atoms with Crippen molar-refractivity contribution in [2.75, 3.05) is 26.1 Å². The van der Waals surface area contributed by atoms with Crippen molar-refractivity contribution in [2.24, 2.45) is 0 Å². The second-order valence-electron chi connectivity index (χ2n) is 3.04. The molecule has 1 rings (SSSR count). The Morgan fingerprint density at radius 2 is 2.13 bits per heavy atom. The molecule has 0 saturated heterocycles. The molecule has 0 atom stereocenters. The first kappa shape index (κ1) is 11.9. The second kappa shape index (κ2) is 6.31. The van der Waals surface area contributed by atoms with Gasteiger partial charge in [-0.05, 0) is 12.5 Å². The van der Waals surface area contributed by atoms with E-state index in [0.717, 1.165) is 13.0 Å². The van der Waals surface area contributed by atoms with Crippen LogP contribution in [0.4, 0.5) is 5.95 Å². The highest BCUT2D eigenvalue weighted by molar-refractivity contribution is 5.25. The predicted molar refractivity (Wildman–Crippen MR) is 57.6 cm³/mol. The molecule has 0 amide bonds. The maximum atomic E-state index is 5.10. The van der Waals surface area contributed by atoms with Crippen molar-refractivity contribution < 1.29 is 9.47 Å². The summed E-state index contributed by atoms with van der Waals surface area (Å²) in [5, 5.41) is 3.10. The van der Waals surface area contributed by atoms with Crippen LogP contribution in [0.2, 0.25) is 0 Å². The van der Waals surface area contributed by atoms with Gasteiger partial charge in [0.15, 0.2) is 0 Å². The van der Waals surface area contributed by atoms with E-state index in [1.165, 1.54) is 0 Å². The van der Waals surface area contributed by atoms with Gasteiger partial charge in [-0.1, -0.05) is 6.92 Å². The van der Waals surface area contributed by atoms with Crippen LogP contribution in [0.15, 0.2) is 12.3 Å². The number of nitrogens with one attached hydrogen (secondary N) is 1. The molecule has 0 radical (unpaired) electrons. The molecule has 5 nitrogen and oxygen atoms in total. The van der Waals surface area contributed by atoms with Crippen LogP contribution in [0.25, 0.3) is 0 Å². The average Bonchev–Trinajstić information content (AvgIpc) is 2.29. The van der Waals surface area contributed by atoms with Crippen LogP contribution in [-0.4, -0.2) is 30.7 Å². The Bertz CT molecular complexity index is 290. The lowest BCUT2D eigenvalue weighted by Crippen LogP contribution is -2.10. The normalized spacial score (nSPS) is 10.7. The highest BCUT2D eigenvalue weighted by Gasteiger charge is 2.10. The zero-order valence-electron chi connectivity index (χ0n) is 9.36. The number of hydrogen-bond donors (Lipinski definition) is 1. The van der Waals surface area contributed by atoms with E-state index in [1.54, 1.807) is 26.5 Å². The lowest BCUT2D eigenvalue weighted by Gasteiger charge is -2.13. The topological polar surface area (TPSA) is 56.3 Å². The lowest BCUT2D eigenvalue weighted by atomic mass is 10.4. The SMILES string of the molecule is CCCNc1nccc(C(OC)OC)n1. The van der Waals surface area contributed by atoms with Gasteiger partial charge in [-0.3, -0.25) is 0 Å². The minimum Gasteiger partial charge on any atom is -0.354 e. The van der Waals surface area contributed by atoms with Crippen molar-refractivity contribution >= 4 is 5.95 Å². The van der Waals surface area contributed by atoms with Gasteiger partial charge in [0.05, 0.1) is 0 Å². The van der Waals surface area contributed by atoms with E-state index in [2.05, 4.69) is 22.2 Å². The number of nitrogens with zero attached hydrogens (tertiary/aromatic N) is 2. The maximum Gasteiger partial charge on any atom is 0.223 e. The molecule has 0 aromatic carbocycles. The Hall–Kier alpha value is -1.20. The first-order chi connectivity index (χ1) is 7.31. The molecule has 84 valence electrons. The van der Waals surface area contributed by atoms with E-state index in [0.29, 0.717) is 11.6 Å². The Labute approximate surface area is 89.8 Å². The third-order valence-corrected chi connectivity index (χ3v) is 1.88. The van der Waals surface area contributed by atoms with Gasteiger partial charge >= 0.3 is 0 Å². The number of ether oxygens (including phenoxy) is 2. The van der Waals surface area contributed by atoms with E-state index in [9.17, 15) is 0 Å². The molecule has 0 saturated carbocycles. The first-order valence-corrected chi connectivity index (χ1v) is 4.94. The molecule has 0 aliphatic heterocycles. The number of methoxy groups -OCH3 is 2. The monoisotopic (exact) mass is 211 g/mol. The molecule has 0 bridgehead atoms. The van der Waals surface area contributed by atoms with E-state index in [-0.39, 0.29) is 0 Å². The first-order valence-electron chi connectivity index (χ1n) is 4.94. The van der Waals surface area contributed by atoms with Crippen molar-refractivity contribution in [3.8, 4) is 0 Å². The molecule has 1 aromatic rings. The summed E-state index contributed by atoms with van der Waals surface area (Å²) in [5.74, 6) is 0.605. The van der Waals surface area contributed by atoms with Gasteiger partial charge < -0.3 is 14.8 Å². The average molecular weight is 211 g/mol. The van der Waals surface area contributed by atoms with E-state index in [4.69, 9.17) is 9.47 Å². The second-order valence-corrected chi connectivity index (χ2v) is 3.04. The Morgan fingerprint density at radius 3 is 2.73 bits per heavy atom. The largest absolute Gasteiger partial charge is 0.354 e. The van der Waals surface area contributed by atoms with Crippen molar-refractivity contribution in [1.29, 1.82) is 0 Å². The molecule has 0 aliphatic rings. The van der Waals surface area contributed by atoms with Gasteiger partial charge in [0, 0.05) is 27.0 Å². The molecule has 0 unspecified atom stereocenters. The smallest absolute Gasteiger partial charge is 0.223 e. The summed E-state index contributed by atoms with van der Waals surface area (Å²) >= 11 is 0. The summed E-state index contributed by atoms with van der Waals surface area (Å²) in [6, 6.07) is 1.77. The van der Waals surface area contributed by atoms with Crippen LogP contribution in [0.3, 0.4) is 0 Å². The predicted octanol–water partition coefficient (Wildman–Crippen LogP) is 1.59. The number of rotatable bonds is 6. The fourth-order valence-electron chi connectivity index (χ4n) is 1.16. The van der Waals surface area contributed by atoms with Crippen molar-refractivity contribution in [2.45, 2.75) is 19.6 Å².